The van der Waals surface area contributed by atoms with Gasteiger partial charge in [0.25, 0.3) is 0 Å². The molecule has 6 nitrogen and oxygen atoms in total. The fourth-order valence-corrected chi connectivity index (χ4v) is 1.89. The second-order valence-corrected chi connectivity index (χ2v) is 4.63. The molecule has 0 bridgehead atoms. The Bertz CT molecular complexity index is 763. The summed E-state index contributed by atoms with van der Waals surface area (Å²) in [7, 11) is 0. The summed E-state index contributed by atoms with van der Waals surface area (Å²) in [6, 6.07) is 6.21. The van der Waals surface area contributed by atoms with Crippen LogP contribution in [0.3, 0.4) is 0 Å². The standard InChI is InChI=1S/C13H9FN4O2/c14-9-4-2-1-3-8(9)11-16-13(20-18-11)12-15-10(17-19-12)7-5-6-7/h1-4,7H,5-6H2. The van der Waals surface area contributed by atoms with Crippen molar-refractivity contribution in [3.63, 3.8) is 0 Å². The van der Waals surface area contributed by atoms with Crippen LogP contribution in [0.4, 0.5) is 4.39 Å². The first-order valence-electron chi connectivity index (χ1n) is 6.24. The highest BCUT2D eigenvalue weighted by molar-refractivity contribution is 5.56. The van der Waals surface area contributed by atoms with Gasteiger partial charge in [-0.1, -0.05) is 22.4 Å². The predicted molar refractivity (Wildman–Crippen MR) is 65.0 cm³/mol. The van der Waals surface area contributed by atoms with Crippen molar-refractivity contribution in [2.24, 2.45) is 0 Å². The van der Waals surface area contributed by atoms with Crippen LogP contribution in [0.25, 0.3) is 23.2 Å². The van der Waals surface area contributed by atoms with E-state index in [9.17, 15) is 4.39 Å². The summed E-state index contributed by atoms with van der Waals surface area (Å²) < 4.78 is 23.8. The van der Waals surface area contributed by atoms with E-state index in [2.05, 4.69) is 20.3 Å². The highest BCUT2D eigenvalue weighted by Gasteiger charge is 2.30. The first-order chi connectivity index (χ1) is 9.81. The Morgan fingerprint density at radius 2 is 1.75 bits per heavy atom. The number of halogens is 1. The smallest absolute Gasteiger partial charge is 0.316 e. The van der Waals surface area contributed by atoms with Crippen molar-refractivity contribution in [1.82, 2.24) is 20.3 Å². The normalized spacial score (nSPS) is 14.7. The number of hydrogen-bond donors (Lipinski definition) is 0. The third-order valence-corrected chi connectivity index (χ3v) is 3.11. The molecule has 1 aromatic carbocycles. The first-order valence-corrected chi connectivity index (χ1v) is 6.24. The molecule has 0 unspecified atom stereocenters. The summed E-state index contributed by atoms with van der Waals surface area (Å²) in [4.78, 5) is 8.29. The van der Waals surface area contributed by atoms with E-state index in [0.717, 1.165) is 12.8 Å². The minimum absolute atomic E-state index is 0.0997. The molecule has 0 aliphatic heterocycles. The number of benzene rings is 1. The summed E-state index contributed by atoms with van der Waals surface area (Å²) in [5.74, 6) is 1.05. The summed E-state index contributed by atoms with van der Waals surface area (Å²) in [5.41, 5.74) is 0.268. The summed E-state index contributed by atoms with van der Waals surface area (Å²) in [6.45, 7) is 0. The van der Waals surface area contributed by atoms with E-state index in [1.807, 2.05) is 0 Å². The summed E-state index contributed by atoms with van der Waals surface area (Å²) in [5, 5.41) is 7.61. The van der Waals surface area contributed by atoms with Crippen molar-refractivity contribution in [3.05, 3.63) is 35.9 Å². The maximum absolute atomic E-state index is 13.6. The molecule has 1 saturated carbocycles. The van der Waals surface area contributed by atoms with Gasteiger partial charge >= 0.3 is 11.8 Å². The van der Waals surface area contributed by atoms with Gasteiger partial charge in [0.1, 0.15) is 5.82 Å². The molecular weight excluding hydrogens is 263 g/mol. The van der Waals surface area contributed by atoms with E-state index < -0.39 is 5.82 Å². The molecule has 20 heavy (non-hydrogen) atoms. The minimum atomic E-state index is -0.413. The lowest BCUT2D eigenvalue weighted by Gasteiger charge is -1.94. The molecule has 0 N–H and O–H groups in total. The lowest BCUT2D eigenvalue weighted by Crippen LogP contribution is -1.86. The molecule has 0 amide bonds. The third kappa shape index (κ3) is 1.87. The van der Waals surface area contributed by atoms with E-state index in [-0.39, 0.29) is 23.2 Å². The molecule has 4 rings (SSSR count). The van der Waals surface area contributed by atoms with Crippen LogP contribution in [-0.4, -0.2) is 20.3 Å². The van der Waals surface area contributed by atoms with Crippen LogP contribution < -0.4 is 0 Å². The second kappa shape index (κ2) is 4.22. The Morgan fingerprint density at radius 3 is 2.55 bits per heavy atom. The number of rotatable bonds is 3. The fourth-order valence-electron chi connectivity index (χ4n) is 1.89. The Hall–Kier alpha value is -2.57. The SMILES string of the molecule is Fc1ccccc1-c1noc(-c2nc(C3CC3)no2)n1. The number of hydrogen-bond acceptors (Lipinski definition) is 6. The summed E-state index contributed by atoms with van der Waals surface area (Å²) >= 11 is 0. The van der Waals surface area contributed by atoms with E-state index >= 15 is 0 Å². The van der Waals surface area contributed by atoms with Crippen LogP contribution in [-0.2, 0) is 0 Å². The number of aromatic nitrogens is 4. The van der Waals surface area contributed by atoms with E-state index in [1.54, 1.807) is 18.2 Å². The van der Waals surface area contributed by atoms with Crippen LogP contribution in [0.2, 0.25) is 0 Å². The molecule has 0 spiro atoms. The van der Waals surface area contributed by atoms with Gasteiger partial charge in [-0.3, -0.25) is 0 Å². The minimum Gasteiger partial charge on any atom is -0.329 e. The van der Waals surface area contributed by atoms with Gasteiger partial charge in [-0.2, -0.15) is 9.97 Å². The lowest BCUT2D eigenvalue weighted by atomic mass is 10.2. The van der Waals surface area contributed by atoms with Gasteiger partial charge < -0.3 is 9.05 Å². The molecule has 3 aromatic rings. The topological polar surface area (TPSA) is 77.8 Å². The zero-order valence-electron chi connectivity index (χ0n) is 10.3. The average molecular weight is 272 g/mol. The lowest BCUT2D eigenvalue weighted by molar-refractivity contribution is 0.380. The maximum atomic E-state index is 13.6. The largest absolute Gasteiger partial charge is 0.329 e. The Morgan fingerprint density at radius 1 is 1.00 bits per heavy atom. The van der Waals surface area contributed by atoms with Gasteiger partial charge in [0, 0.05) is 5.92 Å². The first kappa shape index (κ1) is 11.3. The molecule has 1 aliphatic carbocycles. The molecule has 0 radical (unpaired) electrons. The third-order valence-electron chi connectivity index (χ3n) is 3.11. The second-order valence-electron chi connectivity index (χ2n) is 4.63. The maximum Gasteiger partial charge on any atom is 0.316 e. The van der Waals surface area contributed by atoms with Crippen LogP contribution in [0.15, 0.2) is 33.3 Å². The molecule has 2 aromatic heterocycles. The highest BCUT2D eigenvalue weighted by atomic mass is 19.1. The van der Waals surface area contributed by atoms with Gasteiger partial charge in [-0.15, -0.1) is 0 Å². The Balaban J connectivity index is 1.68. The Labute approximate surface area is 112 Å². The van der Waals surface area contributed by atoms with Crippen LogP contribution >= 0.6 is 0 Å². The Kier molecular flexibility index (Phi) is 2.38. The van der Waals surface area contributed by atoms with E-state index in [4.69, 9.17) is 9.05 Å². The van der Waals surface area contributed by atoms with E-state index in [0.29, 0.717) is 11.7 Å². The monoisotopic (exact) mass is 272 g/mol. The van der Waals surface area contributed by atoms with Crippen LogP contribution in [0, 0.1) is 5.82 Å². The molecule has 0 saturated heterocycles. The molecule has 2 heterocycles. The van der Waals surface area contributed by atoms with Gasteiger partial charge in [0.05, 0.1) is 5.56 Å². The zero-order valence-corrected chi connectivity index (χ0v) is 10.3. The predicted octanol–water partition coefficient (Wildman–Crippen LogP) is 2.80. The average Bonchev–Trinajstić information content (AvgIpc) is 3.01. The van der Waals surface area contributed by atoms with Crippen molar-refractivity contribution in [1.29, 1.82) is 0 Å². The number of nitrogens with zero attached hydrogens (tertiary/aromatic N) is 4. The van der Waals surface area contributed by atoms with Crippen LogP contribution in [0.5, 0.6) is 0 Å². The van der Waals surface area contributed by atoms with Crippen molar-refractivity contribution >= 4 is 0 Å². The van der Waals surface area contributed by atoms with Gasteiger partial charge in [-0.25, -0.2) is 4.39 Å². The van der Waals surface area contributed by atoms with Crippen LogP contribution in [0.1, 0.15) is 24.6 Å². The van der Waals surface area contributed by atoms with Gasteiger partial charge in [0.15, 0.2) is 5.82 Å². The van der Waals surface area contributed by atoms with Gasteiger partial charge in [-0.05, 0) is 25.0 Å². The fraction of sp³-hybridized carbons (Fsp3) is 0.231. The van der Waals surface area contributed by atoms with Crippen molar-refractivity contribution < 1.29 is 13.4 Å². The van der Waals surface area contributed by atoms with Crippen molar-refractivity contribution in [2.75, 3.05) is 0 Å². The molecule has 100 valence electrons. The molecule has 7 heteroatoms. The van der Waals surface area contributed by atoms with Gasteiger partial charge in [0.2, 0.25) is 5.82 Å². The molecule has 1 aliphatic rings. The van der Waals surface area contributed by atoms with Crippen molar-refractivity contribution in [3.8, 4) is 23.2 Å². The zero-order chi connectivity index (χ0) is 13.5. The molecule has 1 fully saturated rings. The molecule has 0 atom stereocenters. The summed E-state index contributed by atoms with van der Waals surface area (Å²) in [6.07, 6.45) is 2.15. The van der Waals surface area contributed by atoms with Crippen molar-refractivity contribution in [2.45, 2.75) is 18.8 Å². The van der Waals surface area contributed by atoms with E-state index in [1.165, 1.54) is 6.07 Å². The molecular formula is C13H9FN4O2. The highest BCUT2D eigenvalue weighted by Crippen LogP contribution is 2.38. The quantitative estimate of drug-likeness (QED) is 0.729.